The molecule has 1 aliphatic heterocycles. The second-order valence-corrected chi connectivity index (χ2v) is 7.31. The van der Waals surface area contributed by atoms with Crippen LogP contribution in [0.2, 0.25) is 0 Å². The van der Waals surface area contributed by atoms with Crippen LogP contribution in [0, 0.1) is 0 Å². The van der Waals surface area contributed by atoms with E-state index in [0.29, 0.717) is 0 Å². The Hall–Kier alpha value is -3.81. The van der Waals surface area contributed by atoms with Crippen molar-refractivity contribution in [2.24, 2.45) is 0 Å². The first-order chi connectivity index (χ1) is 15.3. The van der Waals surface area contributed by atoms with Gasteiger partial charge in [0.1, 0.15) is 29.3 Å². The van der Waals surface area contributed by atoms with Crippen molar-refractivity contribution in [1.29, 1.82) is 0 Å². The van der Waals surface area contributed by atoms with E-state index in [1.165, 1.54) is 0 Å². The Morgan fingerprint density at radius 2 is 1.35 bits per heavy atom. The highest BCUT2D eigenvalue weighted by Gasteiger charge is 2.23. The Balaban J connectivity index is 1.43. The SMILES string of the molecule is COc1ccccc1N1CCN(c2ncnc3c2cnn3-c2ccccc2OC)CC1. The van der Waals surface area contributed by atoms with E-state index >= 15 is 0 Å². The monoisotopic (exact) mass is 416 g/mol. The Labute approximate surface area is 180 Å². The molecule has 158 valence electrons. The summed E-state index contributed by atoms with van der Waals surface area (Å²) >= 11 is 0. The Bertz CT molecular complexity index is 1200. The van der Waals surface area contributed by atoms with Crippen molar-refractivity contribution in [3.63, 3.8) is 0 Å². The summed E-state index contributed by atoms with van der Waals surface area (Å²) in [6.45, 7) is 3.47. The van der Waals surface area contributed by atoms with Gasteiger partial charge in [-0.1, -0.05) is 24.3 Å². The Morgan fingerprint density at radius 3 is 2.06 bits per heavy atom. The largest absolute Gasteiger partial charge is 0.495 e. The molecule has 2 aromatic carbocycles. The first-order valence-electron chi connectivity index (χ1n) is 10.2. The number of methoxy groups -OCH3 is 2. The average molecular weight is 416 g/mol. The Kier molecular flexibility index (Phi) is 5.03. The highest BCUT2D eigenvalue weighted by Crippen LogP contribution is 2.31. The van der Waals surface area contributed by atoms with Crippen molar-refractivity contribution in [3.8, 4) is 17.2 Å². The molecular formula is C23H24N6O2. The highest BCUT2D eigenvalue weighted by atomic mass is 16.5. The summed E-state index contributed by atoms with van der Waals surface area (Å²) in [6.07, 6.45) is 3.45. The van der Waals surface area contributed by atoms with Crippen molar-refractivity contribution < 1.29 is 9.47 Å². The molecule has 2 aromatic heterocycles. The van der Waals surface area contributed by atoms with Crippen LogP contribution >= 0.6 is 0 Å². The fraction of sp³-hybridized carbons (Fsp3) is 0.261. The lowest BCUT2D eigenvalue weighted by Crippen LogP contribution is -2.47. The van der Waals surface area contributed by atoms with Crippen molar-refractivity contribution in [2.45, 2.75) is 0 Å². The number of rotatable bonds is 5. The number of piperazine rings is 1. The minimum Gasteiger partial charge on any atom is -0.495 e. The van der Waals surface area contributed by atoms with Gasteiger partial charge in [0.25, 0.3) is 0 Å². The van der Waals surface area contributed by atoms with Gasteiger partial charge in [0.2, 0.25) is 0 Å². The maximum Gasteiger partial charge on any atom is 0.168 e. The van der Waals surface area contributed by atoms with Crippen LogP contribution in [0.25, 0.3) is 16.7 Å². The van der Waals surface area contributed by atoms with Gasteiger partial charge >= 0.3 is 0 Å². The molecule has 1 saturated heterocycles. The van der Waals surface area contributed by atoms with E-state index in [4.69, 9.17) is 9.47 Å². The van der Waals surface area contributed by atoms with Crippen molar-refractivity contribution in [2.75, 3.05) is 50.2 Å². The maximum atomic E-state index is 5.53. The maximum absolute atomic E-state index is 5.53. The summed E-state index contributed by atoms with van der Waals surface area (Å²) in [7, 11) is 3.37. The number of para-hydroxylation sites is 4. The normalized spacial score (nSPS) is 14.1. The van der Waals surface area contributed by atoms with Crippen LogP contribution in [0.4, 0.5) is 11.5 Å². The molecule has 31 heavy (non-hydrogen) atoms. The van der Waals surface area contributed by atoms with Crippen LogP contribution in [-0.4, -0.2) is 60.1 Å². The van der Waals surface area contributed by atoms with Gasteiger partial charge in [-0.15, -0.1) is 0 Å². The first kappa shape index (κ1) is 19.2. The molecule has 0 N–H and O–H groups in total. The van der Waals surface area contributed by atoms with Gasteiger partial charge in [-0.2, -0.15) is 5.10 Å². The van der Waals surface area contributed by atoms with Crippen molar-refractivity contribution >= 4 is 22.5 Å². The first-order valence-corrected chi connectivity index (χ1v) is 10.2. The zero-order valence-electron chi connectivity index (χ0n) is 17.6. The highest BCUT2D eigenvalue weighted by molar-refractivity contribution is 5.88. The fourth-order valence-corrected chi connectivity index (χ4v) is 4.11. The van der Waals surface area contributed by atoms with E-state index in [1.54, 1.807) is 20.5 Å². The molecule has 8 heteroatoms. The van der Waals surface area contributed by atoms with E-state index in [-0.39, 0.29) is 0 Å². The van der Waals surface area contributed by atoms with E-state index < -0.39 is 0 Å². The molecule has 0 atom stereocenters. The standard InChI is InChI=1S/C23H24N6O2/c1-30-20-9-5-3-7-18(20)27-11-13-28(14-12-27)22-17-15-26-29(23(17)25-16-24-22)19-8-4-6-10-21(19)31-2/h3-10,15-16H,11-14H2,1-2H3. The minimum absolute atomic E-state index is 0.748. The van der Waals surface area contributed by atoms with E-state index in [2.05, 4.69) is 30.9 Å². The summed E-state index contributed by atoms with van der Waals surface area (Å²) in [6, 6.07) is 15.9. The van der Waals surface area contributed by atoms with Crippen LogP contribution in [0.1, 0.15) is 0 Å². The number of fused-ring (bicyclic) bond motifs is 1. The summed E-state index contributed by atoms with van der Waals surface area (Å²) < 4.78 is 12.9. The van der Waals surface area contributed by atoms with Crippen LogP contribution in [0.3, 0.4) is 0 Å². The van der Waals surface area contributed by atoms with Crippen LogP contribution in [0.5, 0.6) is 11.5 Å². The third kappa shape index (κ3) is 3.39. The Morgan fingerprint density at radius 1 is 0.742 bits per heavy atom. The van der Waals surface area contributed by atoms with Gasteiger partial charge in [0, 0.05) is 26.2 Å². The molecule has 5 rings (SSSR count). The van der Waals surface area contributed by atoms with Gasteiger partial charge in [-0.05, 0) is 24.3 Å². The van der Waals surface area contributed by atoms with Gasteiger partial charge in [0.05, 0.1) is 31.5 Å². The lowest BCUT2D eigenvalue weighted by molar-refractivity contribution is 0.412. The van der Waals surface area contributed by atoms with Gasteiger partial charge in [-0.3, -0.25) is 0 Å². The summed E-state index contributed by atoms with van der Waals surface area (Å²) in [5.74, 6) is 2.56. The lowest BCUT2D eigenvalue weighted by Gasteiger charge is -2.37. The summed E-state index contributed by atoms with van der Waals surface area (Å²) in [5, 5.41) is 5.53. The number of hydrogen-bond acceptors (Lipinski definition) is 7. The number of aromatic nitrogens is 4. The quantitative estimate of drug-likeness (QED) is 0.495. The fourth-order valence-electron chi connectivity index (χ4n) is 4.11. The molecule has 0 aliphatic carbocycles. The number of anilines is 2. The van der Waals surface area contributed by atoms with Crippen LogP contribution in [0.15, 0.2) is 61.1 Å². The molecule has 1 fully saturated rings. The van der Waals surface area contributed by atoms with Gasteiger partial charge in [-0.25, -0.2) is 14.6 Å². The van der Waals surface area contributed by atoms with Crippen molar-refractivity contribution in [3.05, 3.63) is 61.1 Å². The lowest BCUT2D eigenvalue weighted by atomic mass is 10.2. The third-order valence-electron chi connectivity index (χ3n) is 5.66. The predicted molar refractivity (Wildman–Crippen MR) is 121 cm³/mol. The summed E-state index contributed by atoms with van der Waals surface area (Å²) in [4.78, 5) is 13.8. The minimum atomic E-state index is 0.748. The number of benzene rings is 2. The van der Waals surface area contributed by atoms with E-state index in [0.717, 1.165) is 65.9 Å². The van der Waals surface area contributed by atoms with Crippen LogP contribution < -0.4 is 19.3 Å². The summed E-state index contributed by atoms with van der Waals surface area (Å²) in [5.41, 5.74) is 2.74. The van der Waals surface area contributed by atoms with E-state index in [9.17, 15) is 0 Å². The van der Waals surface area contributed by atoms with Gasteiger partial charge in [0.15, 0.2) is 5.65 Å². The zero-order chi connectivity index (χ0) is 21.2. The van der Waals surface area contributed by atoms with E-state index in [1.807, 2.05) is 53.3 Å². The average Bonchev–Trinajstić information content (AvgIpc) is 3.28. The topological polar surface area (TPSA) is 68.5 Å². The van der Waals surface area contributed by atoms with Crippen molar-refractivity contribution in [1.82, 2.24) is 19.7 Å². The van der Waals surface area contributed by atoms with Crippen LogP contribution in [-0.2, 0) is 0 Å². The zero-order valence-corrected chi connectivity index (χ0v) is 17.6. The molecule has 0 amide bonds. The molecule has 0 saturated carbocycles. The second kappa shape index (κ2) is 8.14. The number of hydrogen-bond donors (Lipinski definition) is 0. The smallest absolute Gasteiger partial charge is 0.168 e. The molecular weight excluding hydrogens is 392 g/mol. The molecule has 4 aromatic rings. The molecule has 1 aliphatic rings. The molecule has 0 radical (unpaired) electrons. The second-order valence-electron chi connectivity index (χ2n) is 7.31. The third-order valence-corrected chi connectivity index (χ3v) is 5.66. The van der Waals surface area contributed by atoms with Gasteiger partial charge < -0.3 is 19.3 Å². The predicted octanol–water partition coefficient (Wildman–Crippen LogP) is 3.16. The number of nitrogens with zero attached hydrogens (tertiary/aromatic N) is 6. The number of ether oxygens (including phenoxy) is 2. The molecule has 0 bridgehead atoms. The molecule has 0 unspecified atom stereocenters. The molecule has 0 spiro atoms. The molecule has 8 nitrogen and oxygen atoms in total. The molecule has 3 heterocycles.